The van der Waals surface area contributed by atoms with Gasteiger partial charge in [-0.1, -0.05) is 12.1 Å². The van der Waals surface area contributed by atoms with Crippen molar-refractivity contribution in [1.29, 1.82) is 0 Å². The number of rotatable bonds is 4. The van der Waals surface area contributed by atoms with Gasteiger partial charge in [-0.05, 0) is 42.5 Å². The summed E-state index contributed by atoms with van der Waals surface area (Å²) in [6, 6.07) is 18.0. The number of nitro groups is 1. The summed E-state index contributed by atoms with van der Waals surface area (Å²) in [5.41, 5.74) is 2.58. The molecule has 0 fully saturated rings. The molecule has 31 heavy (non-hydrogen) atoms. The van der Waals surface area contributed by atoms with Gasteiger partial charge < -0.3 is 9.52 Å². The molecule has 1 N–H and O–H groups in total. The summed E-state index contributed by atoms with van der Waals surface area (Å²) in [7, 11) is 0. The van der Waals surface area contributed by atoms with Crippen molar-refractivity contribution in [1.82, 2.24) is 20.2 Å². The topological polar surface area (TPSA) is 128 Å². The predicted molar refractivity (Wildman–Crippen MR) is 112 cm³/mol. The molecule has 0 bridgehead atoms. The Bertz CT molecular complexity index is 1430. The maximum absolute atomic E-state index is 11.3. The summed E-state index contributed by atoms with van der Waals surface area (Å²) in [5, 5.41) is 29.8. The number of nitrogens with zero attached hydrogens (tertiary/aromatic N) is 5. The maximum Gasteiger partial charge on any atom is 0.270 e. The molecule has 9 heteroatoms. The van der Waals surface area contributed by atoms with Crippen LogP contribution in [-0.4, -0.2) is 30.2 Å². The number of fused-ring (bicyclic) bond motifs is 1. The van der Waals surface area contributed by atoms with Gasteiger partial charge in [0.1, 0.15) is 5.75 Å². The van der Waals surface area contributed by atoms with Crippen LogP contribution in [0.15, 0.2) is 77.3 Å². The van der Waals surface area contributed by atoms with Crippen LogP contribution >= 0.6 is 0 Å². The Morgan fingerprint density at radius 2 is 1.71 bits per heavy atom. The number of non-ortho nitro benzene ring substituents is 1. The van der Waals surface area contributed by atoms with Crippen molar-refractivity contribution in [3.05, 3.63) is 83.0 Å². The van der Waals surface area contributed by atoms with Gasteiger partial charge in [0.25, 0.3) is 5.69 Å². The quantitative estimate of drug-likeness (QED) is 0.335. The van der Waals surface area contributed by atoms with Crippen molar-refractivity contribution in [3.63, 3.8) is 0 Å². The van der Waals surface area contributed by atoms with E-state index in [1.54, 1.807) is 36.5 Å². The average molecular weight is 411 g/mol. The number of benzene rings is 2. The van der Waals surface area contributed by atoms with Gasteiger partial charge in [0.05, 0.1) is 16.2 Å². The Hall–Kier alpha value is -4.66. The molecule has 9 nitrogen and oxygen atoms in total. The first kappa shape index (κ1) is 18.4. The molecule has 3 aromatic heterocycles. The first-order chi connectivity index (χ1) is 15.1. The normalized spacial score (nSPS) is 11.0. The minimum Gasteiger partial charge on any atom is -0.508 e. The van der Waals surface area contributed by atoms with E-state index in [1.165, 1.54) is 24.3 Å². The van der Waals surface area contributed by atoms with E-state index in [9.17, 15) is 15.2 Å². The third kappa shape index (κ3) is 3.44. The van der Waals surface area contributed by atoms with Crippen molar-refractivity contribution in [2.75, 3.05) is 0 Å². The van der Waals surface area contributed by atoms with Crippen LogP contribution in [0.4, 0.5) is 5.69 Å². The summed E-state index contributed by atoms with van der Waals surface area (Å²) in [6.07, 6.45) is 1.63. The number of pyridine rings is 2. The lowest BCUT2D eigenvalue weighted by Crippen LogP contribution is -1.94. The van der Waals surface area contributed by atoms with Crippen molar-refractivity contribution in [3.8, 4) is 39.9 Å². The van der Waals surface area contributed by atoms with Crippen LogP contribution in [0.2, 0.25) is 0 Å². The van der Waals surface area contributed by atoms with E-state index in [2.05, 4.69) is 20.2 Å². The standard InChI is InChI=1S/C22H13N5O4/c28-17-8-6-13(7-9-17)21-25-26-22(31-21)18-12-15-4-2-10-23-20(15)24-19(18)14-3-1-5-16(11-14)27(29)30/h1-12,28H. The molecule has 0 aliphatic carbocycles. The molecular formula is C22H13N5O4. The zero-order chi connectivity index (χ0) is 21.4. The van der Waals surface area contributed by atoms with Crippen molar-refractivity contribution < 1.29 is 14.4 Å². The molecule has 0 saturated heterocycles. The second-order valence-corrected chi connectivity index (χ2v) is 6.70. The second kappa shape index (κ2) is 7.30. The smallest absolute Gasteiger partial charge is 0.270 e. The van der Waals surface area contributed by atoms with Crippen molar-refractivity contribution in [2.24, 2.45) is 0 Å². The van der Waals surface area contributed by atoms with E-state index in [1.807, 2.05) is 12.1 Å². The first-order valence-electron chi connectivity index (χ1n) is 9.22. The monoisotopic (exact) mass is 411 g/mol. The zero-order valence-electron chi connectivity index (χ0n) is 15.8. The minimum atomic E-state index is -0.460. The molecule has 0 saturated carbocycles. The number of phenols is 1. The van der Waals surface area contributed by atoms with Gasteiger partial charge in [-0.25, -0.2) is 9.97 Å². The molecule has 0 aliphatic rings. The fourth-order valence-electron chi connectivity index (χ4n) is 3.21. The van der Waals surface area contributed by atoms with Gasteiger partial charge in [-0.3, -0.25) is 10.1 Å². The number of hydrogen-bond donors (Lipinski definition) is 1. The molecule has 2 aromatic carbocycles. The molecule has 0 radical (unpaired) electrons. The third-order valence-corrected chi connectivity index (χ3v) is 4.69. The number of hydrogen-bond acceptors (Lipinski definition) is 8. The van der Waals surface area contributed by atoms with Crippen LogP contribution in [0.25, 0.3) is 45.2 Å². The Morgan fingerprint density at radius 1 is 0.903 bits per heavy atom. The number of phenolic OH excluding ortho intramolecular Hbond substituents is 1. The largest absolute Gasteiger partial charge is 0.508 e. The van der Waals surface area contributed by atoms with Crippen molar-refractivity contribution in [2.45, 2.75) is 0 Å². The van der Waals surface area contributed by atoms with Gasteiger partial charge in [-0.15, -0.1) is 10.2 Å². The summed E-state index contributed by atoms with van der Waals surface area (Å²) < 4.78 is 5.89. The molecule has 5 rings (SSSR count). The minimum absolute atomic E-state index is 0.0540. The van der Waals surface area contributed by atoms with Gasteiger partial charge in [0.15, 0.2) is 5.65 Å². The number of aromatic nitrogens is 4. The fraction of sp³-hybridized carbons (Fsp3) is 0. The van der Waals surface area contributed by atoms with Crippen LogP contribution in [0, 0.1) is 10.1 Å². The van der Waals surface area contributed by atoms with Crippen LogP contribution in [0.3, 0.4) is 0 Å². The van der Waals surface area contributed by atoms with Gasteiger partial charge in [0, 0.05) is 34.8 Å². The number of aromatic hydroxyl groups is 1. The van der Waals surface area contributed by atoms with Crippen LogP contribution in [-0.2, 0) is 0 Å². The fourth-order valence-corrected chi connectivity index (χ4v) is 3.21. The van der Waals surface area contributed by atoms with Gasteiger partial charge >= 0.3 is 0 Å². The second-order valence-electron chi connectivity index (χ2n) is 6.70. The lowest BCUT2D eigenvalue weighted by Gasteiger charge is -2.08. The Labute approximate surface area is 174 Å². The van der Waals surface area contributed by atoms with Gasteiger partial charge in [-0.2, -0.15) is 0 Å². The summed E-state index contributed by atoms with van der Waals surface area (Å²) in [4.78, 5) is 19.7. The summed E-state index contributed by atoms with van der Waals surface area (Å²) in [5.74, 6) is 0.608. The maximum atomic E-state index is 11.3. The Morgan fingerprint density at radius 3 is 2.52 bits per heavy atom. The molecule has 0 amide bonds. The van der Waals surface area contributed by atoms with E-state index >= 15 is 0 Å². The molecule has 0 atom stereocenters. The molecular weight excluding hydrogens is 398 g/mol. The highest BCUT2D eigenvalue weighted by Gasteiger charge is 2.19. The molecule has 0 aliphatic heterocycles. The number of nitro benzene ring substituents is 1. The van der Waals surface area contributed by atoms with Gasteiger partial charge in [0.2, 0.25) is 11.8 Å². The van der Waals surface area contributed by atoms with Crippen molar-refractivity contribution >= 4 is 16.7 Å². The highest BCUT2D eigenvalue weighted by Crippen LogP contribution is 2.35. The lowest BCUT2D eigenvalue weighted by atomic mass is 10.0. The molecule has 0 spiro atoms. The van der Waals surface area contributed by atoms with E-state index in [0.717, 1.165) is 5.39 Å². The van der Waals surface area contributed by atoms with E-state index in [-0.39, 0.29) is 23.2 Å². The molecule has 150 valence electrons. The molecule has 0 unspecified atom stereocenters. The summed E-state index contributed by atoms with van der Waals surface area (Å²) >= 11 is 0. The Balaban J connectivity index is 1.69. The predicted octanol–water partition coefficient (Wildman–Crippen LogP) is 4.63. The highest BCUT2D eigenvalue weighted by atomic mass is 16.6. The van der Waals surface area contributed by atoms with Crippen LogP contribution in [0.1, 0.15) is 0 Å². The lowest BCUT2D eigenvalue weighted by molar-refractivity contribution is -0.384. The molecule has 3 heterocycles. The zero-order valence-corrected chi connectivity index (χ0v) is 15.8. The van der Waals surface area contributed by atoms with Crippen LogP contribution < -0.4 is 0 Å². The SMILES string of the molecule is O=[N+]([O-])c1cccc(-c2nc3ncccc3cc2-c2nnc(-c3ccc(O)cc3)o2)c1. The first-order valence-corrected chi connectivity index (χ1v) is 9.22. The van der Waals surface area contributed by atoms with Crippen LogP contribution in [0.5, 0.6) is 5.75 Å². The Kier molecular flexibility index (Phi) is 4.33. The highest BCUT2D eigenvalue weighted by molar-refractivity contribution is 5.88. The molecule has 5 aromatic rings. The summed E-state index contributed by atoms with van der Waals surface area (Å²) in [6.45, 7) is 0. The third-order valence-electron chi connectivity index (χ3n) is 4.69. The average Bonchev–Trinajstić information content (AvgIpc) is 3.29. The van der Waals surface area contributed by atoms with E-state index in [0.29, 0.717) is 28.0 Å². The van der Waals surface area contributed by atoms with E-state index in [4.69, 9.17) is 4.42 Å². The van der Waals surface area contributed by atoms with E-state index < -0.39 is 4.92 Å².